The van der Waals surface area contributed by atoms with Gasteiger partial charge in [0.05, 0.1) is 12.9 Å². The Morgan fingerprint density at radius 1 is 1.32 bits per heavy atom. The van der Waals surface area contributed by atoms with Crippen LogP contribution in [0, 0.1) is 5.82 Å². The molecular weight excluding hydrogens is 247 g/mol. The molecule has 0 fully saturated rings. The molecule has 100 valence electrons. The third kappa shape index (κ3) is 3.19. The number of hydrogen-bond donors (Lipinski definition) is 1. The third-order valence-electron chi connectivity index (χ3n) is 2.69. The molecule has 0 aliphatic rings. The van der Waals surface area contributed by atoms with Crippen molar-refractivity contribution in [3.63, 3.8) is 0 Å². The summed E-state index contributed by atoms with van der Waals surface area (Å²) in [6.45, 7) is 2.75. The van der Waals surface area contributed by atoms with Gasteiger partial charge in [0, 0.05) is 5.56 Å². The van der Waals surface area contributed by atoms with Crippen molar-refractivity contribution in [1.29, 1.82) is 0 Å². The summed E-state index contributed by atoms with van der Waals surface area (Å²) < 4.78 is 19.1. The minimum atomic E-state index is -0.873. The van der Waals surface area contributed by atoms with Gasteiger partial charge in [-0.3, -0.25) is 4.79 Å². The molecule has 0 unspecified atom stereocenters. The number of rotatable bonds is 5. The van der Waals surface area contributed by atoms with Crippen LogP contribution >= 0.6 is 0 Å². The fraction of sp³-hybridized carbons (Fsp3) is 0.286. The molecule has 0 amide bonds. The number of aromatic nitrogens is 2. The van der Waals surface area contributed by atoms with E-state index in [1.54, 1.807) is 24.3 Å². The molecule has 5 heteroatoms. The summed E-state index contributed by atoms with van der Waals surface area (Å²) in [5, 5.41) is 0. The van der Waals surface area contributed by atoms with Gasteiger partial charge >= 0.3 is 0 Å². The third-order valence-corrected chi connectivity index (χ3v) is 2.69. The van der Waals surface area contributed by atoms with Crippen LogP contribution in [0.25, 0.3) is 11.3 Å². The fourth-order valence-corrected chi connectivity index (χ4v) is 1.63. The van der Waals surface area contributed by atoms with Gasteiger partial charge in [-0.15, -0.1) is 0 Å². The largest absolute Gasteiger partial charge is 0.494 e. The lowest BCUT2D eigenvalue weighted by Crippen LogP contribution is -2.12. The number of unbranched alkanes of at least 4 members (excludes halogenated alkanes) is 1. The van der Waals surface area contributed by atoms with Gasteiger partial charge in [-0.25, -0.2) is 4.98 Å². The van der Waals surface area contributed by atoms with Crippen LogP contribution in [0.4, 0.5) is 4.39 Å². The maximum atomic E-state index is 13.6. The molecule has 2 rings (SSSR count). The minimum absolute atomic E-state index is 0.0452. The first-order chi connectivity index (χ1) is 9.22. The fourth-order valence-electron chi connectivity index (χ4n) is 1.63. The van der Waals surface area contributed by atoms with Crippen molar-refractivity contribution < 1.29 is 9.13 Å². The van der Waals surface area contributed by atoms with Crippen molar-refractivity contribution in [2.24, 2.45) is 0 Å². The van der Waals surface area contributed by atoms with Crippen LogP contribution in [0.15, 0.2) is 35.4 Å². The van der Waals surface area contributed by atoms with Crippen LogP contribution in [0.1, 0.15) is 19.8 Å². The van der Waals surface area contributed by atoms with E-state index < -0.39 is 11.4 Å². The summed E-state index contributed by atoms with van der Waals surface area (Å²) in [5.74, 6) is -0.149. The number of halogens is 1. The number of nitrogens with one attached hydrogen (secondary N) is 1. The number of nitrogens with zero attached hydrogens (tertiary/aromatic N) is 1. The lowest BCUT2D eigenvalue weighted by molar-refractivity contribution is 0.309. The first kappa shape index (κ1) is 13.3. The van der Waals surface area contributed by atoms with Crippen LogP contribution in [0.2, 0.25) is 0 Å². The molecule has 1 heterocycles. The zero-order chi connectivity index (χ0) is 13.7. The molecule has 2 aromatic rings. The second kappa shape index (κ2) is 6.13. The van der Waals surface area contributed by atoms with Crippen molar-refractivity contribution in [1.82, 2.24) is 9.97 Å². The lowest BCUT2D eigenvalue weighted by Gasteiger charge is -2.06. The molecule has 0 bridgehead atoms. The number of H-pyrrole nitrogens is 1. The van der Waals surface area contributed by atoms with Crippen molar-refractivity contribution in [3.05, 3.63) is 46.8 Å². The van der Waals surface area contributed by atoms with E-state index in [1.165, 1.54) is 6.33 Å². The highest BCUT2D eigenvalue weighted by Gasteiger charge is 2.09. The average Bonchev–Trinajstić information content (AvgIpc) is 2.43. The summed E-state index contributed by atoms with van der Waals surface area (Å²) in [6, 6.07) is 6.86. The van der Waals surface area contributed by atoms with Crippen molar-refractivity contribution in [3.8, 4) is 17.0 Å². The highest BCUT2D eigenvalue weighted by atomic mass is 19.1. The lowest BCUT2D eigenvalue weighted by atomic mass is 10.1. The molecule has 0 aliphatic heterocycles. The Kier molecular flexibility index (Phi) is 4.28. The van der Waals surface area contributed by atoms with Gasteiger partial charge in [-0.1, -0.05) is 13.3 Å². The van der Waals surface area contributed by atoms with E-state index >= 15 is 0 Å². The van der Waals surface area contributed by atoms with Gasteiger partial charge < -0.3 is 9.72 Å². The molecular formula is C14H15FN2O2. The Hall–Kier alpha value is -2.17. The Bertz CT molecular complexity index is 593. The molecule has 0 saturated carbocycles. The first-order valence-electron chi connectivity index (χ1n) is 6.18. The molecule has 0 atom stereocenters. The molecule has 1 N–H and O–H groups in total. The Balaban J connectivity index is 2.18. The molecule has 4 nitrogen and oxygen atoms in total. The molecule has 0 aliphatic carbocycles. The van der Waals surface area contributed by atoms with Gasteiger partial charge in [0.25, 0.3) is 5.56 Å². The summed E-state index contributed by atoms with van der Waals surface area (Å²) in [7, 11) is 0. The summed E-state index contributed by atoms with van der Waals surface area (Å²) in [4.78, 5) is 17.2. The van der Waals surface area contributed by atoms with E-state index in [1.807, 2.05) is 0 Å². The van der Waals surface area contributed by atoms with Crippen LogP contribution in [-0.4, -0.2) is 16.6 Å². The molecule has 0 saturated heterocycles. The summed E-state index contributed by atoms with van der Waals surface area (Å²) in [5.41, 5.74) is -0.177. The number of hydrogen-bond acceptors (Lipinski definition) is 3. The van der Waals surface area contributed by atoms with Crippen LogP contribution < -0.4 is 10.3 Å². The topological polar surface area (TPSA) is 55.0 Å². The Labute approximate surface area is 110 Å². The first-order valence-corrected chi connectivity index (χ1v) is 6.18. The predicted octanol–water partition coefficient (Wildman–Crippen LogP) is 2.75. The average molecular weight is 262 g/mol. The van der Waals surface area contributed by atoms with Gasteiger partial charge in [0.1, 0.15) is 11.4 Å². The van der Waals surface area contributed by atoms with E-state index in [9.17, 15) is 9.18 Å². The second-order valence-corrected chi connectivity index (χ2v) is 4.12. The standard InChI is InChI=1S/C14H15FN2O2/c1-2-3-8-19-11-6-4-10(5-7-11)13-12(15)14(18)17-9-16-13/h4-7,9H,2-3,8H2,1H3,(H,16,17,18). The van der Waals surface area contributed by atoms with E-state index in [4.69, 9.17) is 4.74 Å². The Morgan fingerprint density at radius 3 is 2.74 bits per heavy atom. The number of ether oxygens (including phenoxy) is 1. The van der Waals surface area contributed by atoms with Crippen molar-refractivity contribution in [2.75, 3.05) is 6.61 Å². The number of benzene rings is 1. The summed E-state index contributed by atoms with van der Waals surface area (Å²) >= 11 is 0. The molecule has 1 aromatic carbocycles. The van der Waals surface area contributed by atoms with Crippen molar-refractivity contribution >= 4 is 0 Å². The van der Waals surface area contributed by atoms with E-state index in [0.29, 0.717) is 12.2 Å². The summed E-state index contributed by atoms with van der Waals surface area (Å²) in [6.07, 6.45) is 3.25. The van der Waals surface area contributed by atoms with E-state index in [0.717, 1.165) is 18.6 Å². The molecule has 19 heavy (non-hydrogen) atoms. The van der Waals surface area contributed by atoms with Gasteiger partial charge in [0.15, 0.2) is 0 Å². The van der Waals surface area contributed by atoms with Crippen molar-refractivity contribution in [2.45, 2.75) is 19.8 Å². The zero-order valence-corrected chi connectivity index (χ0v) is 10.6. The van der Waals surface area contributed by atoms with Gasteiger partial charge in [-0.2, -0.15) is 4.39 Å². The normalized spacial score (nSPS) is 10.4. The highest BCUT2D eigenvalue weighted by Crippen LogP contribution is 2.21. The van der Waals surface area contributed by atoms with Gasteiger partial charge in [-0.05, 0) is 30.7 Å². The van der Waals surface area contributed by atoms with Crippen LogP contribution in [0.5, 0.6) is 5.75 Å². The second-order valence-electron chi connectivity index (χ2n) is 4.12. The monoisotopic (exact) mass is 262 g/mol. The minimum Gasteiger partial charge on any atom is -0.494 e. The SMILES string of the molecule is CCCCOc1ccc(-c2nc[nH]c(=O)c2F)cc1. The smallest absolute Gasteiger partial charge is 0.287 e. The predicted molar refractivity (Wildman–Crippen MR) is 70.7 cm³/mol. The molecule has 1 aromatic heterocycles. The van der Waals surface area contributed by atoms with Crippen LogP contribution in [-0.2, 0) is 0 Å². The quantitative estimate of drug-likeness (QED) is 0.843. The number of aromatic amines is 1. The van der Waals surface area contributed by atoms with E-state index in [-0.39, 0.29) is 5.69 Å². The van der Waals surface area contributed by atoms with Crippen LogP contribution in [0.3, 0.4) is 0 Å². The zero-order valence-electron chi connectivity index (χ0n) is 10.6. The molecule has 0 radical (unpaired) electrons. The maximum absolute atomic E-state index is 13.6. The highest BCUT2D eigenvalue weighted by molar-refractivity contribution is 5.60. The molecule has 0 spiro atoms. The Morgan fingerprint density at radius 2 is 2.05 bits per heavy atom. The van der Waals surface area contributed by atoms with Gasteiger partial charge in [0.2, 0.25) is 5.82 Å². The van der Waals surface area contributed by atoms with E-state index in [2.05, 4.69) is 16.9 Å². The maximum Gasteiger partial charge on any atom is 0.287 e.